The fraction of sp³-hybridized carbons (Fsp3) is 0.545. The van der Waals surface area contributed by atoms with Gasteiger partial charge in [-0.15, -0.1) is 5.10 Å². The third-order valence-corrected chi connectivity index (χ3v) is 3.28. The van der Waals surface area contributed by atoms with E-state index in [1.807, 2.05) is 7.05 Å². The average molecular weight is 284 g/mol. The van der Waals surface area contributed by atoms with Crippen molar-refractivity contribution in [1.29, 1.82) is 0 Å². The van der Waals surface area contributed by atoms with E-state index in [2.05, 4.69) is 40.1 Å². The molecule has 0 unspecified atom stereocenters. The molecule has 0 N–H and O–H groups in total. The molecule has 16 heavy (non-hydrogen) atoms. The van der Waals surface area contributed by atoms with Gasteiger partial charge in [0.25, 0.3) is 0 Å². The van der Waals surface area contributed by atoms with Gasteiger partial charge in [0.1, 0.15) is 0 Å². The summed E-state index contributed by atoms with van der Waals surface area (Å²) >= 11 is 3.36. The maximum Gasteiger partial charge on any atom is 0.156 e. The smallest absolute Gasteiger partial charge is 0.156 e. The van der Waals surface area contributed by atoms with Crippen molar-refractivity contribution in [3.05, 3.63) is 16.4 Å². The molecule has 1 aromatic rings. The highest BCUT2D eigenvalue weighted by Crippen LogP contribution is 2.39. The fourth-order valence-corrected chi connectivity index (χ4v) is 2.75. The molecule has 1 heterocycles. The Kier molecular flexibility index (Phi) is 2.74. The topological polar surface area (TPSA) is 47.8 Å². The van der Waals surface area contributed by atoms with Gasteiger partial charge < -0.3 is 0 Å². The number of rotatable bonds is 1. The van der Waals surface area contributed by atoms with Gasteiger partial charge in [0.2, 0.25) is 0 Å². The highest BCUT2D eigenvalue weighted by atomic mass is 79.9. The number of allylic oxidation sites excluding steroid dienone is 2. The van der Waals surface area contributed by atoms with Crippen LogP contribution in [0, 0.1) is 5.41 Å². The molecule has 0 fully saturated rings. The number of ketones is 1. The van der Waals surface area contributed by atoms with Gasteiger partial charge in [0, 0.05) is 13.5 Å². The number of carbonyl (C=O) groups excluding carboxylic acids is 1. The number of halogens is 1. The molecular weight excluding hydrogens is 270 g/mol. The summed E-state index contributed by atoms with van der Waals surface area (Å²) in [4.78, 5) is 11.7. The van der Waals surface area contributed by atoms with Crippen LogP contribution in [0.25, 0.3) is 5.57 Å². The molecule has 0 aromatic carbocycles. The number of carbonyl (C=O) groups is 1. The summed E-state index contributed by atoms with van der Waals surface area (Å²) in [5.41, 5.74) is 1.94. The van der Waals surface area contributed by atoms with E-state index in [1.54, 1.807) is 10.8 Å². The Balaban J connectivity index is 2.46. The van der Waals surface area contributed by atoms with E-state index in [9.17, 15) is 4.79 Å². The van der Waals surface area contributed by atoms with Crippen LogP contribution in [-0.4, -0.2) is 20.8 Å². The maximum atomic E-state index is 11.7. The molecule has 0 saturated carbocycles. The first kappa shape index (κ1) is 11.5. The number of nitrogens with zero attached hydrogens (tertiary/aromatic N) is 3. The van der Waals surface area contributed by atoms with Crippen molar-refractivity contribution in [3.8, 4) is 0 Å². The molecule has 1 aliphatic rings. The second-order valence-corrected chi connectivity index (χ2v) is 5.76. The zero-order chi connectivity index (χ0) is 11.9. The number of hydrogen-bond donors (Lipinski definition) is 0. The molecule has 0 spiro atoms. The standard InChI is InChI=1S/C11H14BrN3O/c1-11(2)5-7(4-8(16)6-11)9-10(12)13-14-15(9)3/h4H,5-6H2,1-3H3. The van der Waals surface area contributed by atoms with Crippen LogP contribution in [-0.2, 0) is 11.8 Å². The van der Waals surface area contributed by atoms with Gasteiger partial charge in [0.05, 0.1) is 5.69 Å². The third-order valence-electron chi connectivity index (χ3n) is 2.75. The second-order valence-electron chi connectivity index (χ2n) is 5.01. The van der Waals surface area contributed by atoms with Crippen LogP contribution in [0.4, 0.5) is 0 Å². The van der Waals surface area contributed by atoms with Crippen LogP contribution in [0.1, 0.15) is 32.4 Å². The van der Waals surface area contributed by atoms with Gasteiger partial charge in [-0.05, 0) is 39.4 Å². The van der Waals surface area contributed by atoms with Gasteiger partial charge in [-0.3, -0.25) is 4.79 Å². The summed E-state index contributed by atoms with van der Waals surface area (Å²) in [5, 5.41) is 7.87. The summed E-state index contributed by atoms with van der Waals surface area (Å²) in [6, 6.07) is 0. The molecule has 0 atom stereocenters. The quantitative estimate of drug-likeness (QED) is 0.795. The molecule has 0 saturated heterocycles. The van der Waals surface area contributed by atoms with E-state index in [4.69, 9.17) is 0 Å². The lowest BCUT2D eigenvalue weighted by Crippen LogP contribution is -2.22. The first-order chi connectivity index (χ1) is 7.39. The van der Waals surface area contributed by atoms with Gasteiger partial charge >= 0.3 is 0 Å². The maximum absolute atomic E-state index is 11.7. The number of aromatic nitrogens is 3. The van der Waals surface area contributed by atoms with Crippen LogP contribution in [0.2, 0.25) is 0 Å². The second kappa shape index (κ2) is 3.80. The third kappa shape index (κ3) is 2.09. The van der Waals surface area contributed by atoms with E-state index in [1.165, 1.54) is 0 Å². The van der Waals surface area contributed by atoms with Gasteiger partial charge in [-0.25, -0.2) is 4.68 Å². The first-order valence-electron chi connectivity index (χ1n) is 5.18. The van der Waals surface area contributed by atoms with Crippen LogP contribution in [0.5, 0.6) is 0 Å². The molecule has 5 heteroatoms. The molecule has 1 aliphatic carbocycles. The summed E-state index contributed by atoms with van der Waals surface area (Å²) in [6.45, 7) is 4.21. The van der Waals surface area contributed by atoms with E-state index in [0.717, 1.165) is 17.7 Å². The van der Waals surface area contributed by atoms with Gasteiger partial charge in [0.15, 0.2) is 10.4 Å². The van der Waals surface area contributed by atoms with Gasteiger partial charge in [-0.2, -0.15) is 0 Å². The van der Waals surface area contributed by atoms with Crippen molar-refractivity contribution in [3.63, 3.8) is 0 Å². The van der Waals surface area contributed by atoms with E-state index in [0.29, 0.717) is 11.0 Å². The highest BCUT2D eigenvalue weighted by molar-refractivity contribution is 9.10. The van der Waals surface area contributed by atoms with Crippen molar-refractivity contribution in [2.24, 2.45) is 12.5 Å². The highest BCUT2D eigenvalue weighted by Gasteiger charge is 2.30. The van der Waals surface area contributed by atoms with E-state index >= 15 is 0 Å². The van der Waals surface area contributed by atoms with Crippen molar-refractivity contribution < 1.29 is 4.79 Å². The van der Waals surface area contributed by atoms with Crippen LogP contribution in [0.3, 0.4) is 0 Å². The Morgan fingerprint density at radius 3 is 2.62 bits per heavy atom. The summed E-state index contributed by atoms with van der Waals surface area (Å²) in [6.07, 6.45) is 3.20. The van der Waals surface area contributed by atoms with Gasteiger partial charge in [-0.1, -0.05) is 19.1 Å². The molecule has 0 bridgehead atoms. The lowest BCUT2D eigenvalue weighted by molar-refractivity contribution is -0.116. The molecule has 4 nitrogen and oxygen atoms in total. The molecule has 86 valence electrons. The Morgan fingerprint density at radius 1 is 1.44 bits per heavy atom. The lowest BCUT2D eigenvalue weighted by atomic mass is 9.76. The Hall–Kier alpha value is -0.970. The van der Waals surface area contributed by atoms with E-state index < -0.39 is 0 Å². The molecule has 2 rings (SSSR count). The fourth-order valence-electron chi connectivity index (χ4n) is 2.17. The number of aryl methyl sites for hydroxylation is 1. The normalized spacial score (nSPS) is 19.8. The van der Waals surface area contributed by atoms with Crippen LogP contribution >= 0.6 is 15.9 Å². The Bertz CT molecular complexity index is 454. The van der Waals surface area contributed by atoms with Crippen molar-refractivity contribution in [2.75, 3.05) is 0 Å². The average Bonchev–Trinajstić information content (AvgIpc) is 2.42. The predicted molar refractivity (Wildman–Crippen MR) is 64.7 cm³/mol. The summed E-state index contributed by atoms with van der Waals surface area (Å²) < 4.78 is 2.40. The molecular formula is C11H14BrN3O. The van der Waals surface area contributed by atoms with Crippen molar-refractivity contribution in [2.45, 2.75) is 26.7 Å². The minimum atomic E-state index is 0.0187. The van der Waals surface area contributed by atoms with Crippen molar-refractivity contribution >= 4 is 27.3 Å². The van der Waals surface area contributed by atoms with Crippen LogP contribution in [0.15, 0.2) is 10.7 Å². The Labute approximate surface area is 103 Å². The predicted octanol–water partition coefficient (Wildman–Crippen LogP) is 2.35. The number of hydrogen-bond acceptors (Lipinski definition) is 3. The lowest BCUT2D eigenvalue weighted by Gasteiger charge is -2.28. The summed E-state index contributed by atoms with van der Waals surface area (Å²) in [5.74, 6) is 0.180. The molecule has 0 radical (unpaired) electrons. The monoisotopic (exact) mass is 283 g/mol. The largest absolute Gasteiger partial charge is 0.295 e. The molecule has 1 aromatic heterocycles. The van der Waals surface area contributed by atoms with Crippen LogP contribution < -0.4 is 0 Å². The van der Waals surface area contributed by atoms with E-state index in [-0.39, 0.29) is 11.2 Å². The minimum absolute atomic E-state index is 0.0187. The zero-order valence-electron chi connectivity index (χ0n) is 9.62. The van der Waals surface area contributed by atoms with Crippen molar-refractivity contribution in [1.82, 2.24) is 15.0 Å². The zero-order valence-corrected chi connectivity index (χ0v) is 11.2. The Morgan fingerprint density at radius 2 is 2.12 bits per heavy atom. The molecule has 0 amide bonds. The molecule has 0 aliphatic heterocycles. The minimum Gasteiger partial charge on any atom is -0.295 e. The first-order valence-corrected chi connectivity index (χ1v) is 5.97. The summed E-state index contributed by atoms with van der Waals surface area (Å²) in [7, 11) is 1.83. The SMILES string of the molecule is Cn1nnc(Br)c1C1=CC(=O)CC(C)(C)C1.